The van der Waals surface area contributed by atoms with Gasteiger partial charge in [0.2, 0.25) is 5.91 Å². The van der Waals surface area contributed by atoms with Crippen LogP contribution in [0.2, 0.25) is 10.0 Å². The van der Waals surface area contributed by atoms with Gasteiger partial charge in [-0.3, -0.25) is 4.79 Å². The molecule has 0 spiro atoms. The van der Waals surface area contributed by atoms with E-state index < -0.39 is 0 Å². The second-order valence-corrected chi connectivity index (χ2v) is 6.75. The largest absolute Gasteiger partial charge is 0.486 e. The quantitative estimate of drug-likeness (QED) is 0.724. The van der Waals surface area contributed by atoms with Gasteiger partial charge in [0, 0.05) is 30.1 Å². The van der Waals surface area contributed by atoms with Crippen molar-refractivity contribution in [1.29, 1.82) is 0 Å². The number of aromatic nitrogens is 2. The van der Waals surface area contributed by atoms with Crippen LogP contribution in [0.3, 0.4) is 0 Å². The van der Waals surface area contributed by atoms with E-state index >= 15 is 0 Å². The molecule has 3 aromatic rings. The molecule has 1 atom stereocenters. The average Bonchev–Trinajstić information content (AvgIpc) is 3.21. The van der Waals surface area contributed by atoms with E-state index in [9.17, 15) is 4.79 Å². The number of H-pyrrole nitrogens is 1. The summed E-state index contributed by atoms with van der Waals surface area (Å²) in [6, 6.07) is 1.68. The third-order valence-electron chi connectivity index (χ3n) is 4.41. The Labute approximate surface area is 153 Å². The highest BCUT2D eigenvalue weighted by atomic mass is 35.5. The van der Waals surface area contributed by atoms with Gasteiger partial charge < -0.3 is 19.5 Å². The monoisotopic (exact) mass is 379 g/mol. The molecule has 1 aromatic carbocycles. The summed E-state index contributed by atoms with van der Waals surface area (Å²) < 4.78 is 10.9. The molecule has 2 aromatic heterocycles. The van der Waals surface area contributed by atoms with Crippen LogP contribution in [0.15, 0.2) is 23.1 Å². The summed E-state index contributed by atoms with van der Waals surface area (Å²) in [6.07, 6.45) is 3.55. The van der Waals surface area contributed by atoms with Crippen molar-refractivity contribution in [3.05, 3.63) is 45.7 Å². The van der Waals surface area contributed by atoms with Gasteiger partial charge in [-0.1, -0.05) is 23.2 Å². The van der Waals surface area contributed by atoms with Crippen LogP contribution in [0.25, 0.3) is 10.9 Å². The first kappa shape index (κ1) is 16.3. The zero-order chi connectivity index (χ0) is 17.6. The molecule has 25 heavy (non-hydrogen) atoms. The second-order valence-electron chi connectivity index (χ2n) is 5.97. The van der Waals surface area contributed by atoms with Crippen molar-refractivity contribution in [2.45, 2.75) is 25.9 Å². The molecule has 130 valence electrons. The number of carbonyl (C=O) groups excluding carboxylic acids is 1. The average molecular weight is 380 g/mol. The third-order valence-corrected chi connectivity index (χ3v) is 5.20. The molecule has 0 saturated carbocycles. The fourth-order valence-electron chi connectivity index (χ4n) is 3.20. The predicted molar refractivity (Wildman–Crippen MR) is 94.3 cm³/mol. The Balaban J connectivity index is 1.88. The Morgan fingerprint density at radius 1 is 1.44 bits per heavy atom. The number of hydrogen-bond donors (Lipinski definition) is 2. The maximum absolute atomic E-state index is 12.3. The molecule has 1 unspecified atom stereocenters. The van der Waals surface area contributed by atoms with E-state index in [4.69, 9.17) is 32.4 Å². The van der Waals surface area contributed by atoms with E-state index in [2.05, 4.69) is 15.3 Å². The minimum atomic E-state index is -0.321. The number of aromatic amines is 1. The molecule has 0 bridgehead atoms. The molecule has 1 aliphatic heterocycles. The number of benzene rings is 1. The van der Waals surface area contributed by atoms with Crippen LogP contribution >= 0.6 is 23.2 Å². The van der Waals surface area contributed by atoms with Crippen molar-refractivity contribution in [1.82, 2.24) is 15.3 Å². The van der Waals surface area contributed by atoms with Crippen molar-refractivity contribution < 1.29 is 13.9 Å². The zero-order valence-electron chi connectivity index (χ0n) is 13.4. The number of fused-ring (bicyclic) bond motifs is 3. The standard InChI is InChI=1S/C17H15Cl2N3O3/c1-8-13-11(2-3-20-17(8)23)22-16-14(13)12(4-10(18)15(16)19)25-6-9-5-24-7-21-9/h4-5,7-8,22H,2-3,6H2,1H3,(H,20,23). The van der Waals surface area contributed by atoms with E-state index in [1.54, 1.807) is 6.07 Å². The molecular weight excluding hydrogens is 365 g/mol. The number of hydrogen-bond acceptors (Lipinski definition) is 4. The highest BCUT2D eigenvalue weighted by Crippen LogP contribution is 2.43. The highest BCUT2D eigenvalue weighted by Gasteiger charge is 2.29. The van der Waals surface area contributed by atoms with E-state index in [-0.39, 0.29) is 18.4 Å². The minimum absolute atomic E-state index is 0.0202. The molecule has 0 radical (unpaired) electrons. The smallest absolute Gasteiger partial charge is 0.227 e. The number of halogens is 2. The summed E-state index contributed by atoms with van der Waals surface area (Å²) in [4.78, 5) is 19.7. The Morgan fingerprint density at radius 3 is 3.04 bits per heavy atom. The normalized spacial score (nSPS) is 17.2. The van der Waals surface area contributed by atoms with Crippen molar-refractivity contribution in [2.75, 3.05) is 6.54 Å². The molecule has 1 aliphatic rings. The molecule has 2 N–H and O–H groups in total. The molecule has 0 fully saturated rings. The van der Waals surface area contributed by atoms with Crippen LogP contribution in [0.4, 0.5) is 0 Å². The zero-order valence-corrected chi connectivity index (χ0v) is 14.9. The van der Waals surface area contributed by atoms with E-state index in [1.165, 1.54) is 12.7 Å². The van der Waals surface area contributed by atoms with Gasteiger partial charge in [-0.05, 0) is 12.5 Å². The first-order chi connectivity index (χ1) is 12.1. The lowest BCUT2D eigenvalue weighted by molar-refractivity contribution is -0.121. The minimum Gasteiger partial charge on any atom is -0.486 e. The van der Waals surface area contributed by atoms with Gasteiger partial charge >= 0.3 is 0 Å². The van der Waals surface area contributed by atoms with Crippen LogP contribution in [0, 0.1) is 0 Å². The molecule has 0 aliphatic carbocycles. The molecule has 0 saturated heterocycles. The van der Waals surface area contributed by atoms with Crippen LogP contribution in [0.1, 0.15) is 29.8 Å². The van der Waals surface area contributed by atoms with Gasteiger partial charge in [0.1, 0.15) is 24.3 Å². The summed E-state index contributed by atoms with van der Waals surface area (Å²) >= 11 is 12.7. The fraction of sp³-hybridized carbons (Fsp3) is 0.294. The van der Waals surface area contributed by atoms with Crippen molar-refractivity contribution >= 4 is 40.0 Å². The fourth-order valence-corrected chi connectivity index (χ4v) is 3.59. The van der Waals surface area contributed by atoms with E-state index in [0.29, 0.717) is 40.0 Å². The molecule has 8 heteroatoms. The number of oxazole rings is 1. The Bertz CT molecular complexity index is 950. The van der Waals surface area contributed by atoms with Gasteiger partial charge in [-0.25, -0.2) is 4.98 Å². The number of carbonyl (C=O) groups is 1. The summed E-state index contributed by atoms with van der Waals surface area (Å²) in [5.41, 5.74) is 3.22. The van der Waals surface area contributed by atoms with Crippen LogP contribution < -0.4 is 10.1 Å². The Hall–Kier alpha value is -2.18. The number of rotatable bonds is 3. The Morgan fingerprint density at radius 2 is 2.28 bits per heavy atom. The SMILES string of the molecule is CC1C(=O)NCCc2[nH]c3c(Cl)c(Cl)cc(OCc4cocn4)c3c21. The van der Waals surface area contributed by atoms with Crippen molar-refractivity contribution in [3.63, 3.8) is 0 Å². The summed E-state index contributed by atoms with van der Waals surface area (Å²) in [6.45, 7) is 2.67. The maximum Gasteiger partial charge on any atom is 0.227 e. The Kier molecular flexibility index (Phi) is 4.09. The molecular formula is C17H15Cl2N3O3. The summed E-state index contributed by atoms with van der Waals surface area (Å²) in [5.74, 6) is 0.220. The van der Waals surface area contributed by atoms with Gasteiger partial charge in [-0.15, -0.1) is 0 Å². The number of nitrogens with one attached hydrogen (secondary N) is 2. The van der Waals surface area contributed by atoms with Crippen molar-refractivity contribution in [3.8, 4) is 5.75 Å². The molecule has 4 rings (SSSR count). The highest BCUT2D eigenvalue weighted by molar-refractivity contribution is 6.45. The summed E-state index contributed by atoms with van der Waals surface area (Å²) in [5, 5.41) is 4.51. The lowest BCUT2D eigenvalue weighted by atomic mass is 9.96. The van der Waals surface area contributed by atoms with Crippen LogP contribution in [-0.4, -0.2) is 22.4 Å². The number of ether oxygens (including phenoxy) is 1. The first-order valence-corrected chi connectivity index (χ1v) is 8.62. The lowest BCUT2D eigenvalue weighted by Gasteiger charge is -2.13. The lowest BCUT2D eigenvalue weighted by Crippen LogP contribution is -2.26. The summed E-state index contributed by atoms with van der Waals surface area (Å²) in [7, 11) is 0. The maximum atomic E-state index is 12.3. The molecule has 3 heterocycles. The predicted octanol–water partition coefficient (Wildman–Crippen LogP) is 3.82. The topological polar surface area (TPSA) is 80.2 Å². The van der Waals surface area contributed by atoms with Crippen LogP contribution in [-0.2, 0) is 17.8 Å². The van der Waals surface area contributed by atoms with Crippen LogP contribution in [0.5, 0.6) is 5.75 Å². The van der Waals surface area contributed by atoms with Crippen molar-refractivity contribution in [2.24, 2.45) is 0 Å². The first-order valence-electron chi connectivity index (χ1n) is 7.86. The van der Waals surface area contributed by atoms with Gasteiger partial charge in [-0.2, -0.15) is 0 Å². The van der Waals surface area contributed by atoms with Gasteiger partial charge in [0.25, 0.3) is 0 Å². The molecule has 1 amide bonds. The number of nitrogens with zero attached hydrogens (tertiary/aromatic N) is 1. The second kappa shape index (κ2) is 6.28. The third kappa shape index (κ3) is 2.75. The number of amides is 1. The van der Waals surface area contributed by atoms with E-state index in [1.807, 2.05) is 6.92 Å². The molecule has 6 nitrogen and oxygen atoms in total. The van der Waals surface area contributed by atoms with Gasteiger partial charge in [0.05, 0.1) is 21.5 Å². The van der Waals surface area contributed by atoms with Gasteiger partial charge in [0.15, 0.2) is 6.39 Å². The van der Waals surface area contributed by atoms with E-state index in [0.717, 1.165) is 16.6 Å².